The molecule has 1 aromatic carbocycles. The first-order valence-electron chi connectivity index (χ1n) is 8.46. The van der Waals surface area contributed by atoms with Gasteiger partial charge in [0.05, 0.1) is 13.2 Å². The van der Waals surface area contributed by atoms with E-state index < -0.39 is 21.5 Å². The minimum absolute atomic E-state index is 0.0893. The van der Waals surface area contributed by atoms with Crippen molar-refractivity contribution in [2.75, 3.05) is 19.0 Å². The van der Waals surface area contributed by atoms with Crippen LogP contribution in [0.2, 0.25) is 0 Å². The van der Waals surface area contributed by atoms with Gasteiger partial charge in [-0.15, -0.1) is 10.2 Å². The predicted molar refractivity (Wildman–Crippen MR) is 106 cm³/mol. The zero-order valence-electron chi connectivity index (χ0n) is 16.3. The van der Waals surface area contributed by atoms with E-state index in [2.05, 4.69) is 20.2 Å². The summed E-state index contributed by atoms with van der Waals surface area (Å²) >= 11 is 0.781. The van der Waals surface area contributed by atoms with Gasteiger partial charge in [0.1, 0.15) is 6.61 Å². The number of carbonyl (C=O) groups excluding carboxylic acids is 1. The van der Waals surface area contributed by atoms with Crippen molar-refractivity contribution in [1.82, 2.24) is 14.9 Å². The van der Waals surface area contributed by atoms with E-state index in [0.717, 1.165) is 11.3 Å². The average Bonchev–Trinajstić information content (AvgIpc) is 3.08. The Morgan fingerprint density at radius 1 is 1.21 bits per heavy atom. The lowest BCUT2D eigenvalue weighted by atomic mass is 9.96. The number of hydrogen-bond donors (Lipinski definition) is 2. The van der Waals surface area contributed by atoms with Gasteiger partial charge in [-0.1, -0.05) is 44.2 Å². The van der Waals surface area contributed by atoms with Crippen LogP contribution in [-0.4, -0.2) is 44.3 Å². The molecule has 2 N–H and O–H groups in total. The van der Waals surface area contributed by atoms with Gasteiger partial charge in [-0.2, -0.15) is 0 Å². The van der Waals surface area contributed by atoms with Crippen molar-refractivity contribution >= 4 is 32.4 Å². The van der Waals surface area contributed by atoms with Crippen LogP contribution in [0, 0.1) is 5.41 Å². The third kappa shape index (κ3) is 5.88. The molecule has 1 atom stereocenters. The van der Waals surface area contributed by atoms with Gasteiger partial charge in [0.25, 0.3) is 10.0 Å². The zero-order chi connectivity index (χ0) is 20.9. The van der Waals surface area contributed by atoms with Gasteiger partial charge in [-0.25, -0.2) is 13.1 Å². The number of amides is 1. The average molecular weight is 429 g/mol. The van der Waals surface area contributed by atoms with Gasteiger partial charge >= 0.3 is 0 Å². The van der Waals surface area contributed by atoms with Gasteiger partial charge in [0.2, 0.25) is 15.4 Å². The first-order chi connectivity index (χ1) is 13.0. The number of methoxy groups -OCH3 is 1. The third-order valence-corrected chi connectivity index (χ3v) is 6.25. The second-order valence-electron chi connectivity index (χ2n) is 7.06. The second-order valence-corrected chi connectivity index (χ2v) is 9.93. The molecule has 0 radical (unpaired) electrons. The number of anilines is 1. The molecule has 1 heterocycles. The van der Waals surface area contributed by atoms with Crippen LogP contribution < -0.4 is 19.5 Å². The summed E-state index contributed by atoms with van der Waals surface area (Å²) < 4.78 is 38.0. The molecule has 0 saturated heterocycles. The van der Waals surface area contributed by atoms with Gasteiger partial charge < -0.3 is 14.8 Å². The van der Waals surface area contributed by atoms with Crippen LogP contribution in [0.25, 0.3) is 0 Å². The third-order valence-electron chi connectivity index (χ3n) is 3.45. The SMILES string of the molecule is COc1ccccc1OC[C@@H](C)NS(=O)(=O)c1nnc(NC(=O)C(C)(C)C)s1. The van der Waals surface area contributed by atoms with E-state index in [1.165, 1.54) is 7.11 Å². The van der Waals surface area contributed by atoms with Gasteiger partial charge in [-0.3, -0.25) is 4.79 Å². The van der Waals surface area contributed by atoms with Gasteiger partial charge in [-0.05, 0) is 19.1 Å². The Morgan fingerprint density at radius 3 is 2.46 bits per heavy atom. The zero-order valence-corrected chi connectivity index (χ0v) is 18.0. The number of ether oxygens (including phenoxy) is 2. The van der Waals surface area contributed by atoms with Crippen LogP contribution in [0.4, 0.5) is 5.13 Å². The summed E-state index contributed by atoms with van der Waals surface area (Å²) in [7, 11) is -2.37. The molecule has 1 amide bonds. The Morgan fingerprint density at radius 2 is 1.86 bits per heavy atom. The molecule has 0 fully saturated rings. The molecule has 0 bridgehead atoms. The highest BCUT2D eigenvalue weighted by molar-refractivity contribution is 7.91. The minimum atomic E-state index is -3.90. The molecule has 1 aromatic heterocycles. The van der Waals surface area contributed by atoms with Gasteiger partial charge in [0.15, 0.2) is 11.5 Å². The van der Waals surface area contributed by atoms with Crippen molar-refractivity contribution in [1.29, 1.82) is 0 Å². The second kappa shape index (κ2) is 8.84. The molecule has 28 heavy (non-hydrogen) atoms. The number of para-hydroxylation sites is 2. The Hall–Kier alpha value is -2.24. The quantitative estimate of drug-likeness (QED) is 0.619. The number of benzene rings is 1. The summed E-state index contributed by atoms with van der Waals surface area (Å²) in [6.07, 6.45) is 0. The predicted octanol–water partition coefficient (Wildman–Crippen LogP) is 2.28. The molecule has 2 aromatic rings. The number of carbonyl (C=O) groups is 1. The van der Waals surface area contributed by atoms with Crippen molar-refractivity contribution < 1.29 is 22.7 Å². The fourth-order valence-electron chi connectivity index (χ4n) is 1.96. The van der Waals surface area contributed by atoms with Crippen LogP contribution in [0.3, 0.4) is 0 Å². The number of rotatable bonds is 8. The normalized spacial score (nSPS) is 13.0. The van der Waals surface area contributed by atoms with Crippen LogP contribution in [0.1, 0.15) is 27.7 Å². The summed E-state index contributed by atoms with van der Waals surface area (Å²) in [5.41, 5.74) is -0.632. The Labute approximate surface area is 168 Å². The van der Waals surface area contributed by atoms with E-state index in [4.69, 9.17) is 9.47 Å². The van der Waals surface area contributed by atoms with Gasteiger partial charge in [0, 0.05) is 5.41 Å². The molecule has 0 aliphatic heterocycles. The molecule has 0 unspecified atom stereocenters. The van der Waals surface area contributed by atoms with E-state index in [0.29, 0.717) is 11.5 Å². The Balaban J connectivity index is 1.98. The van der Waals surface area contributed by atoms with Crippen molar-refractivity contribution in [3.05, 3.63) is 24.3 Å². The summed E-state index contributed by atoms with van der Waals surface area (Å²) in [5, 5.41) is 10.1. The number of nitrogens with one attached hydrogen (secondary N) is 2. The molecule has 0 spiro atoms. The largest absolute Gasteiger partial charge is 0.493 e. The minimum Gasteiger partial charge on any atom is -0.493 e. The van der Waals surface area contributed by atoms with E-state index in [-0.39, 0.29) is 22.0 Å². The van der Waals surface area contributed by atoms with Crippen LogP contribution in [-0.2, 0) is 14.8 Å². The van der Waals surface area contributed by atoms with E-state index in [1.54, 1.807) is 45.9 Å². The number of hydrogen-bond acceptors (Lipinski definition) is 8. The molecule has 11 heteroatoms. The van der Waals surface area contributed by atoms with E-state index in [1.807, 2.05) is 6.07 Å². The maximum Gasteiger partial charge on any atom is 0.270 e. The summed E-state index contributed by atoms with van der Waals surface area (Å²) in [5.74, 6) is 0.791. The molecule has 9 nitrogen and oxygen atoms in total. The first kappa shape index (κ1) is 22.1. The van der Waals surface area contributed by atoms with Crippen molar-refractivity contribution in [2.24, 2.45) is 5.41 Å². The number of aromatic nitrogens is 2. The highest BCUT2D eigenvalue weighted by Crippen LogP contribution is 2.26. The summed E-state index contributed by atoms with van der Waals surface area (Å²) in [4.78, 5) is 12.0. The van der Waals surface area contributed by atoms with Crippen molar-refractivity contribution in [3.8, 4) is 11.5 Å². The molecule has 0 saturated carbocycles. The Kier molecular flexibility index (Phi) is 6.96. The fourth-order valence-corrected chi connectivity index (χ4v) is 4.09. The highest BCUT2D eigenvalue weighted by atomic mass is 32.2. The standard InChI is InChI=1S/C17H24N4O5S2/c1-11(10-26-13-9-7-6-8-12(13)25-5)21-28(23,24)16-20-19-15(27-16)18-14(22)17(2,3)4/h6-9,11,21H,10H2,1-5H3,(H,18,19,22)/t11-/m1/s1. The molecular weight excluding hydrogens is 404 g/mol. The van der Waals surface area contributed by atoms with E-state index in [9.17, 15) is 13.2 Å². The smallest absolute Gasteiger partial charge is 0.270 e. The number of nitrogens with zero attached hydrogens (tertiary/aromatic N) is 2. The van der Waals surface area contributed by atoms with Crippen molar-refractivity contribution in [3.63, 3.8) is 0 Å². The summed E-state index contributed by atoms with van der Waals surface area (Å²) in [6.45, 7) is 6.98. The lowest BCUT2D eigenvalue weighted by Crippen LogP contribution is -2.36. The summed E-state index contributed by atoms with van der Waals surface area (Å²) in [6, 6.07) is 6.55. The monoisotopic (exact) mass is 428 g/mol. The molecule has 0 aliphatic rings. The Bertz CT molecular complexity index is 922. The molecule has 0 aliphatic carbocycles. The van der Waals surface area contributed by atoms with Crippen LogP contribution >= 0.6 is 11.3 Å². The fraction of sp³-hybridized carbons (Fsp3) is 0.471. The van der Waals surface area contributed by atoms with Crippen LogP contribution in [0.5, 0.6) is 11.5 Å². The van der Waals surface area contributed by atoms with Crippen molar-refractivity contribution in [2.45, 2.75) is 38.1 Å². The van der Waals surface area contributed by atoms with Crippen LogP contribution in [0.15, 0.2) is 28.6 Å². The molecule has 2 rings (SSSR count). The highest BCUT2D eigenvalue weighted by Gasteiger charge is 2.26. The molecular formula is C17H24N4O5S2. The maximum atomic E-state index is 12.5. The molecule has 154 valence electrons. The lowest BCUT2D eigenvalue weighted by molar-refractivity contribution is -0.123. The number of sulfonamides is 1. The topological polar surface area (TPSA) is 120 Å². The van der Waals surface area contributed by atoms with E-state index >= 15 is 0 Å². The first-order valence-corrected chi connectivity index (χ1v) is 10.8. The maximum absolute atomic E-state index is 12.5. The lowest BCUT2D eigenvalue weighted by Gasteiger charge is -2.16.